The molecular formula is C12H12N2. The van der Waals surface area contributed by atoms with E-state index in [0.29, 0.717) is 0 Å². The summed E-state index contributed by atoms with van der Waals surface area (Å²) in [6.07, 6.45) is 1.94. The van der Waals surface area contributed by atoms with E-state index in [1.165, 1.54) is 0 Å². The molecule has 70 valence electrons. The lowest BCUT2D eigenvalue weighted by molar-refractivity contribution is 0.873. The van der Waals surface area contributed by atoms with Crippen molar-refractivity contribution in [2.75, 3.05) is 0 Å². The lowest BCUT2D eigenvalue weighted by Crippen LogP contribution is -1.94. The van der Waals surface area contributed by atoms with E-state index >= 15 is 0 Å². The zero-order valence-corrected chi connectivity index (χ0v) is 8.14. The molecule has 2 aromatic rings. The SMILES string of the molecule is C=C(C)c1ccn(-c2ccccc2)n1. The number of hydrogen-bond acceptors (Lipinski definition) is 1. The summed E-state index contributed by atoms with van der Waals surface area (Å²) >= 11 is 0. The Morgan fingerprint density at radius 1 is 1.21 bits per heavy atom. The Morgan fingerprint density at radius 2 is 1.93 bits per heavy atom. The van der Waals surface area contributed by atoms with Crippen LogP contribution in [0.2, 0.25) is 0 Å². The van der Waals surface area contributed by atoms with E-state index in [-0.39, 0.29) is 0 Å². The van der Waals surface area contributed by atoms with Gasteiger partial charge in [-0.15, -0.1) is 0 Å². The topological polar surface area (TPSA) is 17.8 Å². The molecule has 0 saturated heterocycles. The van der Waals surface area contributed by atoms with Crippen molar-refractivity contribution < 1.29 is 0 Å². The molecular weight excluding hydrogens is 172 g/mol. The van der Waals surface area contributed by atoms with E-state index in [9.17, 15) is 0 Å². The number of hydrogen-bond donors (Lipinski definition) is 0. The molecule has 2 nitrogen and oxygen atoms in total. The molecule has 0 radical (unpaired) electrons. The molecule has 0 aliphatic rings. The summed E-state index contributed by atoms with van der Waals surface area (Å²) in [7, 11) is 0. The minimum Gasteiger partial charge on any atom is -0.240 e. The number of rotatable bonds is 2. The Bertz CT molecular complexity index is 440. The van der Waals surface area contributed by atoms with Gasteiger partial charge in [0, 0.05) is 6.20 Å². The predicted octanol–water partition coefficient (Wildman–Crippen LogP) is 2.91. The van der Waals surface area contributed by atoms with Crippen molar-refractivity contribution in [3.63, 3.8) is 0 Å². The van der Waals surface area contributed by atoms with Crippen LogP contribution in [0.15, 0.2) is 49.2 Å². The molecule has 1 aromatic carbocycles. The molecule has 0 amide bonds. The van der Waals surface area contributed by atoms with Crippen LogP contribution in [0, 0.1) is 0 Å². The molecule has 0 aliphatic heterocycles. The van der Waals surface area contributed by atoms with Crippen LogP contribution < -0.4 is 0 Å². The Morgan fingerprint density at radius 3 is 2.50 bits per heavy atom. The number of benzene rings is 1. The molecule has 2 rings (SSSR count). The Labute approximate surface area is 83.5 Å². The Balaban J connectivity index is 2.39. The van der Waals surface area contributed by atoms with Gasteiger partial charge in [0.05, 0.1) is 11.4 Å². The van der Waals surface area contributed by atoms with Gasteiger partial charge < -0.3 is 0 Å². The van der Waals surface area contributed by atoms with Crippen molar-refractivity contribution in [1.82, 2.24) is 9.78 Å². The van der Waals surface area contributed by atoms with Crippen LogP contribution in [0.4, 0.5) is 0 Å². The van der Waals surface area contributed by atoms with Crippen LogP contribution in [0.1, 0.15) is 12.6 Å². The highest BCUT2D eigenvalue weighted by molar-refractivity contribution is 5.57. The van der Waals surface area contributed by atoms with E-state index in [1.807, 2.05) is 54.2 Å². The molecule has 0 unspecified atom stereocenters. The van der Waals surface area contributed by atoms with Gasteiger partial charge in [-0.3, -0.25) is 0 Å². The van der Waals surface area contributed by atoms with Crippen LogP contribution in [-0.4, -0.2) is 9.78 Å². The van der Waals surface area contributed by atoms with Gasteiger partial charge in [-0.2, -0.15) is 5.10 Å². The van der Waals surface area contributed by atoms with Crippen molar-refractivity contribution in [3.8, 4) is 5.69 Å². The highest BCUT2D eigenvalue weighted by atomic mass is 15.3. The van der Waals surface area contributed by atoms with E-state index in [0.717, 1.165) is 17.0 Å². The molecule has 0 spiro atoms. The average Bonchev–Trinajstić information content (AvgIpc) is 2.68. The molecule has 0 fully saturated rings. The minimum absolute atomic E-state index is 0.939. The second-order valence-electron chi connectivity index (χ2n) is 3.26. The van der Waals surface area contributed by atoms with E-state index in [4.69, 9.17) is 0 Å². The zero-order chi connectivity index (χ0) is 9.97. The summed E-state index contributed by atoms with van der Waals surface area (Å²) in [5, 5.41) is 4.40. The molecule has 1 heterocycles. The Hall–Kier alpha value is -1.83. The number of para-hydroxylation sites is 1. The van der Waals surface area contributed by atoms with E-state index in [1.54, 1.807) is 0 Å². The fourth-order valence-electron chi connectivity index (χ4n) is 1.28. The van der Waals surface area contributed by atoms with Crippen LogP contribution in [0.5, 0.6) is 0 Å². The van der Waals surface area contributed by atoms with Gasteiger partial charge in [-0.1, -0.05) is 24.8 Å². The maximum atomic E-state index is 4.40. The summed E-state index contributed by atoms with van der Waals surface area (Å²) < 4.78 is 1.85. The quantitative estimate of drug-likeness (QED) is 0.701. The monoisotopic (exact) mass is 184 g/mol. The van der Waals surface area contributed by atoms with Crippen molar-refractivity contribution >= 4 is 5.57 Å². The first-order valence-electron chi connectivity index (χ1n) is 4.54. The first-order chi connectivity index (χ1) is 6.77. The number of aromatic nitrogens is 2. The lowest BCUT2D eigenvalue weighted by atomic mass is 10.3. The molecule has 1 aromatic heterocycles. The maximum Gasteiger partial charge on any atom is 0.0878 e. The second-order valence-corrected chi connectivity index (χ2v) is 3.26. The summed E-state index contributed by atoms with van der Waals surface area (Å²) in [6, 6.07) is 12.0. The first kappa shape index (κ1) is 8.75. The normalized spacial score (nSPS) is 10.1. The molecule has 2 heteroatoms. The van der Waals surface area contributed by atoms with Gasteiger partial charge in [-0.05, 0) is 30.7 Å². The van der Waals surface area contributed by atoms with Gasteiger partial charge in [0.25, 0.3) is 0 Å². The minimum atomic E-state index is 0.939. The van der Waals surface area contributed by atoms with Crippen LogP contribution in [0.3, 0.4) is 0 Å². The summed E-state index contributed by atoms with van der Waals surface area (Å²) in [5.41, 5.74) is 2.99. The standard InChI is InChI=1S/C12H12N2/c1-10(2)12-8-9-14(13-12)11-6-4-3-5-7-11/h3-9H,1H2,2H3. The fourth-order valence-corrected chi connectivity index (χ4v) is 1.28. The van der Waals surface area contributed by atoms with Crippen LogP contribution in [-0.2, 0) is 0 Å². The fraction of sp³-hybridized carbons (Fsp3) is 0.0833. The smallest absolute Gasteiger partial charge is 0.0878 e. The third-order valence-electron chi connectivity index (χ3n) is 2.05. The highest BCUT2D eigenvalue weighted by Crippen LogP contribution is 2.11. The Kier molecular flexibility index (Phi) is 2.19. The molecule has 0 atom stereocenters. The summed E-state index contributed by atoms with van der Waals surface area (Å²) in [4.78, 5) is 0. The molecule has 0 bridgehead atoms. The number of nitrogens with zero attached hydrogens (tertiary/aromatic N) is 2. The van der Waals surface area contributed by atoms with Gasteiger partial charge in [0.1, 0.15) is 0 Å². The third-order valence-corrected chi connectivity index (χ3v) is 2.05. The first-order valence-corrected chi connectivity index (χ1v) is 4.54. The van der Waals surface area contributed by atoms with Gasteiger partial charge >= 0.3 is 0 Å². The molecule has 0 aliphatic carbocycles. The highest BCUT2D eigenvalue weighted by Gasteiger charge is 1.99. The van der Waals surface area contributed by atoms with E-state index in [2.05, 4.69) is 11.7 Å². The van der Waals surface area contributed by atoms with Gasteiger partial charge in [-0.25, -0.2) is 4.68 Å². The van der Waals surface area contributed by atoms with Crippen LogP contribution >= 0.6 is 0 Å². The van der Waals surface area contributed by atoms with Crippen molar-refractivity contribution in [2.24, 2.45) is 0 Å². The maximum absolute atomic E-state index is 4.40. The van der Waals surface area contributed by atoms with Crippen molar-refractivity contribution in [2.45, 2.75) is 6.92 Å². The number of allylic oxidation sites excluding steroid dienone is 1. The zero-order valence-electron chi connectivity index (χ0n) is 8.14. The van der Waals surface area contributed by atoms with Crippen LogP contribution in [0.25, 0.3) is 11.3 Å². The molecule has 0 saturated carbocycles. The second kappa shape index (κ2) is 3.50. The van der Waals surface area contributed by atoms with Crippen molar-refractivity contribution in [3.05, 3.63) is 54.9 Å². The predicted molar refractivity (Wildman–Crippen MR) is 58.3 cm³/mol. The molecule has 0 N–H and O–H groups in total. The van der Waals surface area contributed by atoms with E-state index < -0.39 is 0 Å². The summed E-state index contributed by atoms with van der Waals surface area (Å²) in [6.45, 7) is 5.81. The van der Waals surface area contributed by atoms with Gasteiger partial charge in [0.2, 0.25) is 0 Å². The largest absolute Gasteiger partial charge is 0.240 e. The van der Waals surface area contributed by atoms with Crippen molar-refractivity contribution in [1.29, 1.82) is 0 Å². The third kappa shape index (κ3) is 1.59. The average molecular weight is 184 g/mol. The van der Waals surface area contributed by atoms with Gasteiger partial charge in [0.15, 0.2) is 0 Å². The summed E-state index contributed by atoms with van der Waals surface area (Å²) in [5.74, 6) is 0. The lowest BCUT2D eigenvalue weighted by Gasteiger charge is -1.99. The molecule has 14 heavy (non-hydrogen) atoms.